The van der Waals surface area contributed by atoms with Crippen LogP contribution in [0.25, 0.3) is 0 Å². The van der Waals surface area contributed by atoms with Gasteiger partial charge in [0.25, 0.3) is 0 Å². The number of rotatable bonds is 14. The summed E-state index contributed by atoms with van der Waals surface area (Å²) in [6.07, 6.45) is -5.70. The molecule has 0 aromatic carbocycles. The number of aliphatic hydroxyl groups is 4. The first-order valence-electron chi connectivity index (χ1n) is 25.6. The van der Waals surface area contributed by atoms with Crippen molar-refractivity contribution in [2.75, 3.05) is 28.4 Å². The molecule has 4 aliphatic carbocycles. The Bertz CT molecular complexity index is 1870. The number of fused-ring (bicyclic) bond motifs is 5. The molecule has 4 N–H and O–H groups in total. The molecular formula is C51H82O19. The highest BCUT2D eigenvalue weighted by Gasteiger charge is 2.77. The van der Waals surface area contributed by atoms with Crippen LogP contribution < -0.4 is 0 Å². The van der Waals surface area contributed by atoms with Gasteiger partial charge in [-0.05, 0) is 85.0 Å². The van der Waals surface area contributed by atoms with Crippen molar-refractivity contribution < 1.29 is 91.6 Å². The molecule has 19 nitrogen and oxygen atoms in total. The van der Waals surface area contributed by atoms with Crippen LogP contribution in [0.2, 0.25) is 0 Å². The molecule has 0 aromatic heterocycles. The minimum Gasteiger partial charge on any atom is -0.462 e. The summed E-state index contributed by atoms with van der Waals surface area (Å²) in [5, 5.41) is 46.8. The smallest absolute Gasteiger partial charge is 0.302 e. The Morgan fingerprint density at radius 3 is 1.67 bits per heavy atom. The number of Topliss-reactive ketones (excluding diaryl/α,β-unsaturated/α-hetero) is 1. The van der Waals surface area contributed by atoms with E-state index in [0.717, 1.165) is 5.57 Å². The van der Waals surface area contributed by atoms with Gasteiger partial charge in [0, 0.05) is 71.9 Å². The van der Waals surface area contributed by atoms with E-state index >= 15 is 0 Å². The van der Waals surface area contributed by atoms with Gasteiger partial charge in [0.05, 0.1) is 48.8 Å². The molecular weight excluding hydrogens is 917 g/mol. The van der Waals surface area contributed by atoms with Gasteiger partial charge in [-0.15, -0.1) is 0 Å². The third kappa shape index (κ3) is 9.50. The molecule has 4 heterocycles. The molecule has 19 heteroatoms. The lowest BCUT2D eigenvalue weighted by atomic mass is 9.43. The Balaban J connectivity index is 0.858. The average molecular weight is 999 g/mol. The van der Waals surface area contributed by atoms with Gasteiger partial charge in [0.1, 0.15) is 59.7 Å². The average Bonchev–Trinajstić information content (AvgIpc) is 3.61. The van der Waals surface area contributed by atoms with Gasteiger partial charge in [-0.1, -0.05) is 25.5 Å². The number of ether oxygens (including phenoxy) is 13. The van der Waals surface area contributed by atoms with Crippen molar-refractivity contribution in [1.29, 1.82) is 0 Å². The van der Waals surface area contributed by atoms with E-state index in [-0.39, 0.29) is 30.8 Å². The summed E-state index contributed by atoms with van der Waals surface area (Å²) in [5.74, 6) is -1.49. The molecule has 0 radical (unpaired) electrons. The van der Waals surface area contributed by atoms with Crippen LogP contribution in [-0.4, -0.2) is 189 Å². The van der Waals surface area contributed by atoms with E-state index in [4.69, 9.17) is 61.6 Å². The zero-order chi connectivity index (χ0) is 50.8. The number of esters is 1. The number of ketones is 1. The largest absolute Gasteiger partial charge is 0.462 e. The second-order valence-electron chi connectivity index (χ2n) is 22.0. The van der Waals surface area contributed by atoms with Crippen molar-refractivity contribution in [2.24, 2.45) is 22.7 Å². The number of hydrogen-bond donors (Lipinski definition) is 4. The van der Waals surface area contributed by atoms with Crippen molar-refractivity contribution in [3.05, 3.63) is 11.6 Å². The summed E-state index contributed by atoms with van der Waals surface area (Å²) in [5.41, 5.74) is -3.63. The van der Waals surface area contributed by atoms with Crippen molar-refractivity contribution in [3.63, 3.8) is 0 Å². The fourth-order valence-electron chi connectivity index (χ4n) is 14.4. The van der Waals surface area contributed by atoms with Gasteiger partial charge in [-0.2, -0.15) is 0 Å². The summed E-state index contributed by atoms with van der Waals surface area (Å²) < 4.78 is 80.6. The highest BCUT2D eigenvalue weighted by atomic mass is 16.8. The van der Waals surface area contributed by atoms with Crippen LogP contribution in [0.15, 0.2) is 11.6 Å². The van der Waals surface area contributed by atoms with Crippen LogP contribution in [0.4, 0.5) is 0 Å². The molecule has 4 saturated heterocycles. The van der Waals surface area contributed by atoms with Crippen molar-refractivity contribution >= 4 is 11.8 Å². The van der Waals surface area contributed by atoms with Crippen LogP contribution in [0.3, 0.4) is 0 Å². The molecule has 0 unspecified atom stereocenters. The van der Waals surface area contributed by atoms with Crippen LogP contribution in [-0.2, 0) is 71.2 Å². The summed E-state index contributed by atoms with van der Waals surface area (Å²) in [4.78, 5) is 25.5. The highest BCUT2D eigenvalue weighted by Crippen LogP contribution is 2.70. The lowest BCUT2D eigenvalue weighted by Crippen LogP contribution is -2.75. The summed E-state index contributed by atoms with van der Waals surface area (Å²) in [6, 6.07) is 0. The zero-order valence-corrected chi connectivity index (χ0v) is 43.2. The highest BCUT2D eigenvalue weighted by molar-refractivity contribution is 5.80. The van der Waals surface area contributed by atoms with Gasteiger partial charge >= 0.3 is 5.97 Å². The van der Waals surface area contributed by atoms with Crippen molar-refractivity contribution in [3.8, 4) is 0 Å². The first-order chi connectivity index (χ1) is 33.1. The van der Waals surface area contributed by atoms with E-state index in [2.05, 4.69) is 13.0 Å². The molecule has 0 spiro atoms. The Morgan fingerprint density at radius 1 is 0.643 bits per heavy atom. The Kier molecular flexibility index (Phi) is 16.4. The Morgan fingerprint density at radius 2 is 1.17 bits per heavy atom. The number of aliphatic hydroxyl groups excluding tert-OH is 2. The predicted molar refractivity (Wildman–Crippen MR) is 246 cm³/mol. The fourth-order valence-corrected chi connectivity index (χ4v) is 14.4. The Hall–Kier alpha value is -1.76. The van der Waals surface area contributed by atoms with E-state index in [1.807, 2.05) is 27.7 Å². The van der Waals surface area contributed by atoms with Gasteiger partial charge in [-0.3, -0.25) is 9.59 Å². The third-order valence-corrected chi connectivity index (χ3v) is 18.3. The second-order valence-corrected chi connectivity index (χ2v) is 22.0. The predicted octanol–water partition coefficient (Wildman–Crippen LogP) is 3.40. The number of methoxy groups -OCH3 is 4. The molecule has 3 saturated carbocycles. The number of carbonyl (C=O) groups excluding carboxylic acids is 2. The summed E-state index contributed by atoms with van der Waals surface area (Å²) in [6.45, 7) is 14.2. The second kappa shape index (κ2) is 21.1. The maximum atomic E-state index is 13.0. The molecule has 7 fully saturated rings. The quantitative estimate of drug-likeness (QED) is 0.144. The molecule has 8 aliphatic rings. The van der Waals surface area contributed by atoms with Gasteiger partial charge in [-0.25, -0.2) is 0 Å². The standard InChI is InChI=1S/C51H82O19/c1-24(52)32-15-18-51(57)49(32,8)37(66-29(6)53)23-36-48(7)16-14-31(19-30(48)13-17-50(36,51)56)67-38-20-33(58-9)43(26(3)62-38)68-39-21-34(59-10)44(27(4)63-39)69-40-22-35(60-11)45(28(5)64-40)70-47-42(55)46(61-12)41(54)25(2)65-47/h13,25-28,31-47,54-57H,14-23H2,1-12H3/t25-,26-,27-,28-,31+,32+,33+,34+,35-,36-,37-,38+,39+,40+,41-,42-,43-,44-,45-,46+,47+,48+,49+,50+,51-/m1/s1. The van der Waals surface area contributed by atoms with Crippen LogP contribution in [0.1, 0.15) is 120 Å². The first kappa shape index (κ1) is 54.5. The number of carbonyl (C=O) groups is 2. The molecule has 0 aromatic rings. The zero-order valence-electron chi connectivity index (χ0n) is 43.2. The minimum atomic E-state index is -1.63. The summed E-state index contributed by atoms with van der Waals surface area (Å²) >= 11 is 0. The van der Waals surface area contributed by atoms with Gasteiger partial charge < -0.3 is 82.0 Å². The maximum absolute atomic E-state index is 13.0. The lowest BCUT2D eigenvalue weighted by Gasteiger charge is -2.66. The van der Waals surface area contributed by atoms with Crippen LogP contribution in [0.5, 0.6) is 0 Å². The maximum Gasteiger partial charge on any atom is 0.302 e. The van der Waals surface area contributed by atoms with E-state index in [1.54, 1.807) is 28.3 Å². The van der Waals surface area contributed by atoms with Gasteiger partial charge in [0.15, 0.2) is 25.2 Å². The molecule has 400 valence electrons. The third-order valence-electron chi connectivity index (χ3n) is 18.3. The topological polar surface area (TPSA) is 235 Å². The molecule has 70 heavy (non-hydrogen) atoms. The monoisotopic (exact) mass is 999 g/mol. The van der Waals surface area contributed by atoms with E-state index in [0.29, 0.717) is 51.4 Å². The van der Waals surface area contributed by atoms with E-state index in [9.17, 15) is 30.0 Å². The van der Waals surface area contributed by atoms with Crippen LogP contribution in [0, 0.1) is 22.7 Å². The SMILES string of the molecule is CO[C@@H]1[C@@H](O)[C@H](O[C@@H]2[C@@H](C)O[C@@H](O[C@H]3[C@@H](OC)C[C@H](O[C@H]4[C@@H](OC)C[C@H](O[C@H]5CC[C@@]6(C)C(=CC[C@]7(O)[C@@H]6C[C@@H](OC(C)=O)[C@]6(C)[C@H](C(C)=O)CC[C@@]67O)C5)O[C@@H]4C)O[C@@H]3C)C[C@H]2OC)O[C@H](C)[C@H]1O. The molecule has 25 atom stereocenters. The van der Waals surface area contributed by atoms with E-state index < -0.39 is 144 Å². The molecule has 8 rings (SSSR count). The Labute approximate surface area is 412 Å². The lowest BCUT2D eigenvalue weighted by molar-refractivity contribution is -0.355. The number of hydrogen-bond acceptors (Lipinski definition) is 19. The molecule has 0 amide bonds. The molecule has 0 bridgehead atoms. The molecule has 4 aliphatic heterocycles. The normalized spacial score (nSPS) is 51.7. The van der Waals surface area contributed by atoms with Crippen molar-refractivity contribution in [1.82, 2.24) is 0 Å². The summed E-state index contributed by atoms with van der Waals surface area (Å²) in [7, 11) is 6.27. The first-order valence-corrected chi connectivity index (χ1v) is 25.6. The van der Waals surface area contributed by atoms with Gasteiger partial charge in [0.2, 0.25) is 0 Å². The van der Waals surface area contributed by atoms with E-state index in [1.165, 1.54) is 21.0 Å². The fraction of sp³-hybridized carbons (Fsp3) is 0.922. The van der Waals surface area contributed by atoms with Crippen molar-refractivity contribution in [2.45, 2.75) is 248 Å². The minimum absolute atomic E-state index is 0.0720. The van der Waals surface area contributed by atoms with Crippen LogP contribution >= 0.6 is 0 Å².